The van der Waals surface area contributed by atoms with Crippen molar-refractivity contribution in [1.82, 2.24) is 4.90 Å². The third-order valence-corrected chi connectivity index (χ3v) is 8.29. The lowest BCUT2D eigenvalue weighted by molar-refractivity contribution is -0.137. The van der Waals surface area contributed by atoms with E-state index in [0.717, 1.165) is 23.3 Å². The summed E-state index contributed by atoms with van der Waals surface area (Å²) in [7, 11) is 1.62. The zero-order chi connectivity index (χ0) is 34.1. The van der Waals surface area contributed by atoms with E-state index >= 15 is 0 Å². The van der Waals surface area contributed by atoms with Crippen molar-refractivity contribution in [3.8, 4) is 17.2 Å². The Labute approximate surface area is 276 Å². The van der Waals surface area contributed by atoms with E-state index < -0.39 is 23.9 Å². The van der Waals surface area contributed by atoms with E-state index in [2.05, 4.69) is 0 Å². The van der Waals surface area contributed by atoms with Crippen molar-refractivity contribution in [1.29, 1.82) is 0 Å². The molecular formula is C35H39F3N2O8. The van der Waals surface area contributed by atoms with Crippen molar-refractivity contribution in [2.75, 3.05) is 58.1 Å². The molecule has 2 unspecified atom stereocenters. The van der Waals surface area contributed by atoms with E-state index in [0.29, 0.717) is 62.8 Å². The summed E-state index contributed by atoms with van der Waals surface area (Å²) in [6.07, 6.45) is -4.13. The number of carboxylic acid groups (broad SMARTS) is 1. The largest absolute Gasteiger partial charge is 0.493 e. The molecule has 0 saturated carbocycles. The Hall–Kier alpha value is -4.49. The number of benzene rings is 3. The lowest BCUT2D eigenvalue weighted by Gasteiger charge is -2.37. The summed E-state index contributed by atoms with van der Waals surface area (Å²) in [5.41, 5.74) is 1.73. The minimum Gasteiger partial charge on any atom is -0.493 e. The molecule has 0 bridgehead atoms. The zero-order valence-corrected chi connectivity index (χ0v) is 26.6. The molecule has 1 saturated heterocycles. The maximum Gasteiger partial charge on any atom is 0.416 e. The molecule has 0 spiro atoms. The van der Waals surface area contributed by atoms with Crippen LogP contribution in [0, 0.1) is 0 Å². The van der Waals surface area contributed by atoms with Gasteiger partial charge in [0.2, 0.25) is 0 Å². The highest BCUT2D eigenvalue weighted by atomic mass is 19.4. The summed E-state index contributed by atoms with van der Waals surface area (Å²) in [5, 5.41) is 9.68. The van der Waals surface area contributed by atoms with E-state index in [1.165, 1.54) is 17.0 Å². The van der Waals surface area contributed by atoms with Crippen LogP contribution in [-0.4, -0.2) is 81.3 Å². The van der Waals surface area contributed by atoms with E-state index in [1.807, 2.05) is 42.5 Å². The molecule has 3 aromatic carbocycles. The molecule has 2 atom stereocenters. The molecule has 0 radical (unpaired) electrons. The molecule has 258 valence electrons. The van der Waals surface area contributed by atoms with Crippen LogP contribution >= 0.6 is 0 Å². The minimum absolute atomic E-state index is 0.0217. The second-order valence-corrected chi connectivity index (χ2v) is 11.6. The first-order chi connectivity index (χ1) is 23.1. The minimum atomic E-state index is -4.43. The van der Waals surface area contributed by atoms with Gasteiger partial charge in [0.15, 0.2) is 6.61 Å². The van der Waals surface area contributed by atoms with Gasteiger partial charge in [0.25, 0.3) is 5.91 Å². The second-order valence-electron chi connectivity index (χ2n) is 11.6. The first-order valence-corrected chi connectivity index (χ1v) is 15.8. The highest BCUT2D eigenvalue weighted by Crippen LogP contribution is 2.36. The quantitative estimate of drug-likeness (QED) is 0.197. The third kappa shape index (κ3) is 9.10. The van der Waals surface area contributed by atoms with Gasteiger partial charge in [-0.3, -0.25) is 4.79 Å². The van der Waals surface area contributed by atoms with Crippen molar-refractivity contribution in [2.24, 2.45) is 0 Å². The van der Waals surface area contributed by atoms with Gasteiger partial charge < -0.3 is 38.6 Å². The number of fused-ring (bicyclic) bond motifs is 1. The molecule has 2 amide bonds. The number of methoxy groups -OCH3 is 1. The average Bonchev–Trinajstić information content (AvgIpc) is 3.08. The van der Waals surface area contributed by atoms with Gasteiger partial charge in [-0.15, -0.1) is 0 Å². The number of alkyl halides is 3. The Bertz CT molecular complexity index is 1530. The molecule has 0 aliphatic carbocycles. The maximum atomic E-state index is 12.9. The Morgan fingerprint density at radius 3 is 2.48 bits per heavy atom. The smallest absolute Gasteiger partial charge is 0.416 e. The lowest BCUT2D eigenvalue weighted by atomic mass is 9.87. The van der Waals surface area contributed by atoms with Crippen LogP contribution in [0.25, 0.3) is 0 Å². The fourth-order valence-corrected chi connectivity index (χ4v) is 5.81. The fraction of sp³-hybridized carbons (Fsp3) is 0.429. The summed E-state index contributed by atoms with van der Waals surface area (Å²) in [6, 6.07) is 17.9. The van der Waals surface area contributed by atoms with E-state index in [-0.39, 0.29) is 43.9 Å². The number of anilines is 1. The summed E-state index contributed by atoms with van der Waals surface area (Å²) in [4.78, 5) is 27.5. The first kappa shape index (κ1) is 34.8. The Morgan fingerprint density at radius 1 is 0.979 bits per heavy atom. The molecule has 0 aromatic heterocycles. The van der Waals surface area contributed by atoms with Gasteiger partial charge >= 0.3 is 12.3 Å². The van der Waals surface area contributed by atoms with Gasteiger partial charge in [-0.25, -0.2) is 4.79 Å². The van der Waals surface area contributed by atoms with Crippen LogP contribution in [0.15, 0.2) is 66.7 Å². The van der Waals surface area contributed by atoms with Gasteiger partial charge in [-0.2, -0.15) is 13.2 Å². The number of hydrogen-bond acceptors (Lipinski definition) is 7. The number of halogens is 3. The molecule has 48 heavy (non-hydrogen) atoms. The van der Waals surface area contributed by atoms with Crippen LogP contribution in [0.4, 0.5) is 23.7 Å². The summed E-state index contributed by atoms with van der Waals surface area (Å²) in [5.74, 6) is 1.20. The monoisotopic (exact) mass is 672 g/mol. The fourth-order valence-electron chi connectivity index (χ4n) is 5.81. The number of amides is 2. The van der Waals surface area contributed by atoms with Crippen LogP contribution in [0.3, 0.4) is 0 Å². The van der Waals surface area contributed by atoms with Crippen LogP contribution < -0.4 is 19.1 Å². The third-order valence-electron chi connectivity index (χ3n) is 8.29. The molecule has 1 fully saturated rings. The van der Waals surface area contributed by atoms with Crippen molar-refractivity contribution in [3.63, 3.8) is 0 Å². The number of hydrogen-bond donors (Lipinski definition) is 1. The number of rotatable bonds is 14. The first-order valence-electron chi connectivity index (χ1n) is 15.8. The molecular weight excluding hydrogens is 633 g/mol. The predicted octanol–water partition coefficient (Wildman–Crippen LogP) is 6.37. The zero-order valence-electron chi connectivity index (χ0n) is 26.6. The standard InChI is InChI=1S/C35H39F3N2O8/c1-44-16-3-14-40-30-19-24(7-12-31(30)48-23-33(40)41)22-47-32-21-39(34(42)43)15-13-29(32)25-8-10-27(11-9-25)45-17-4-18-46-28-6-2-5-26(20-28)35(36,37)38/h2,5-12,19-20,29,32H,3-4,13-18,21-23H2,1H3,(H,42,43). The van der Waals surface area contributed by atoms with Crippen molar-refractivity contribution < 1.29 is 51.6 Å². The van der Waals surface area contributed by atoms with Gasteiger partial charge in [-0.05, 0) is 66.4 Å². The number of likely N-dealkylation sites (tertiary alicyclic amines) is 1. The molecule has 3 aromatic rings. The van der Waals surface area contributed by atoms with Crippen molar-refractivity contribution in [3.05, 3.63) is 83.4 Å². The molecule has 13 heteroatoms. The Kier molecular flexibility index (Phi) is 11.7. The van der Waals surface area contributed by atoms with Crippen LogP contribution in [0.2, 0.25) is 0 Å². The number of carbonyl (C=O) groups is 2. The van der Waals surface area contributed by atoms with Gasteiger partial charge in [-0.1, -0.05) is 24.3 Å². The molecule has 5 rings (SSSR count). The maximum absolute atomic E-state index is 12.9. The van der Waals surface area contributed by atoms with Gasteiger partial charge in [0, 0.05) is 39.1 Å². The van der Waals surface area contributed by atoms with E-state index in [4.69, 9.17) is 23.7 Å². The number of nitrogens with zero attached hydrogens (tertiary/aromatic N) is 2. The number of piperidine rings is 1. The van der Waals surface area contributed by atoms with Crippen LogP contribution in [0.1, 0.15) is 41.9 Å². The topological polar surface area (TPSA) is 107 Å². The van der Waals surface area contributed by atoms with E-state index in [9.17, 15) is 27.9 Å². The van der Waals surface area contributed by atoms with Crippen molar-refractivity contribution in [2.45, 2.75) is 44.1 Å². The Morgan fingerprint density at radius 2 is 1.75 bits per heavy atom. The molecule has 1 N–H and O–H groups in total. The summed E-state index contributed by atoms with van der Waals surface area (Å²) < 4.78 is 67.2. The van der Waals surface area contributed by atoms with Crippen molar-refractivity contribution >= 4 is 17.7 Å². The highest BCUT2D eigenvalue weighted by Gasteiger charge is 2.34. The number of carbonyl (C=O) groups excluding carboxylic acids is 1. The highest BCUT2D eigenvalue weighted by molar-refractivity contribution is 5.97. The predicted molar refractivity (Wildman–Crippen MR) is 170 cm³/mol. The average molecular weight is 673 g/mol. The lowest BCUT2D eigenvalue weighted by Crippen LogP contribution is -2.46. The molecule has 10 nitrogen and oxygen atoms in total. The molecule has 2 aliphatic heterocycles. The van der Waals surface area contributed by atoms with E-state index in [1.54, 1.807) is 12.0 Å². The normalized spacial score (nSPS) is 17.9. The van der Waals surface area contributed by atoms with Crippen LogP contribution in [-0.2, 0) is 27.1 Å². The summed E-state index contributed by atoms with van der Waals surface area (Å²) in [6.45, 7) is 2.30. The molecule has 2 heterocycles. The van der Waals surface area contributed by atoms with Crippen LogP contribution in [0.5, 0.6) is 17.2 Å². The SMILES string of the molecule is COCCCN1C(=O)COc2ccc(COC3CN(C(=O)O)CCC3c3ccc(OCCCOc4cccc(C(F)(F)F)c4)cc3)cc21. The second kappa shape index (κ2) is 16.1. The van der Waals surface area contributed by atoms with Gasteiger partial charge in [0.1, 0.15) is 17.2 Å². The number of ether oxygens (including phenoxy) is 5. The summed E-state index contributed by atoms with van der Waals surface area (Å²) >= 11 is 0. The van der Waals surface area contributed by atoms with Gasteiger partial charge in [0.05, 0.1) is 43.7 Å². The Balaban J connectivity index is 1.17. The molecule has 2 aliphatic rings.